The number of aromatic nitrogens is 1. The second kappa shape index (κ2) is 6.29. The number of pyridine rings is 1. The first-order chi connectivity index (χ1) is 14.6. The Bertz CT molecular complexity index is 1350. The van der Waals surface area contributed by atoms with Crippen LogP contribution in [-0.2, 0) is 13.4 Å². The van der Waals surface area contributed by atoms with Gasteiger partial charge in [-0.15, -0.1) is 0 Å². The first-order valence-electron chi connectivity index (χ1n) is 11.3. The van der Waals surface area contributed by atoms with Crippen molar-refractivity contribution in [3.8, 4) is 33.5 Å². The Morgan fingerprint density at radius 1 is 0.828 bits per heavy atom. The zero-order valence-corrected chi connectivity index (χ0v) is 17.8. The number of aryl methyl sites for hydroxylation is 2. The summed E-state index contributed by atoms with van der Waals surface area (Å²) in [6, 6.07) is 21.6. The maximum atomic E-state index is 8.75. The molecule has 0 unspecified atom stereocenters. The van der Waals surface area contributed by atoms with Crippen molar-refractivity contribution in [1.29, 1.82) is 0 Å². The molecule has 0 spiro atoms. The molecule has 29 heavy (non-hydrogen) atoms. The summed E-state index contributed by atoms with van der Waals surface area (Å²) in [5, 5.41) is 2.61. The fraction of sp³-hybridized carbons (Fsp3) is 0.250. The van der Waals surface area contributed by atoms with Crippen LogP contribution >= 0.6 is 0 Å². The molecule has 0 N–H and O–H groups in total. The van der Waals surface area contributed by atoms with Gasteiger partial charge in [-0.25, -0.2) is 4.57 Å². The predicted octanol–water partition coefficient (Wildman–Crippen LogP) is 6.88. The monoisotopic (exact) mass is 380 g/mol. The number of hydrogen-bond acceptors (Lipinski definition) is 0. The molecule has 1 nitrogen and oxygen atoms in total. The molecule has 0 saturated carbocycles. The van der Waals surface area contributed by atoms with E-state index in [1.54, 1.807) is 0 Å². The lowest BCUT2D eigenvalue weighted by molar-refractivity contribution is -0.660. The van der Waals surface area contributed by atoms with Crippen LogP contribution in [0.2, 0.25) is 0 Å². The summed E-state index contributed by atoms with van der Waals surface area (Å²) in [7, 11) is 2.04. The van der Waals surface area contributed by atoms with Crippen LogP contribution in [0.1, 0.15) is 34.6 Å². The standard InChI is InChI=1S/C28H28N/c1-18-14-24-21-10-6-8-20-9-7-11-22(27(20)21)25(24)16-23(18)26-15-19(12-13-29(26)5)17-28(2,3)4/h6-16H,17H2,1-5H3/q+1/i17D2. The minimum atomic E-state index is -1.43. The van der Waals surface area contributed by atoms with E-state index in [0.717, 1.165) is 16.8 Å². The van der Waals surface area contributed by atoms with Crippen LogP contribution in [0.4, 0.5) is 0 Å². The minimum absolute atomic E-state index is 0.492. The third-order valence-corrected chi connectivity index (χ3v) is 5.79. The number of rotatable bonds is 2. The van der Waals surface area contributed by atoms with E-state index < -0.39 is 11.8 Å². The average Bonchev–Trinajstić information content (AvgIpc) is 3.02. The lowest BCUT2D eigenvalue weighted by Gasteiger charge is -2.18. The van der Waals surface area contributed by atoms with E-state index in [-0.39, 0.29) is 0 Å². The topological polar surface area (TPSA) is 3.88 Å². The van der Waals surface area contributed by atoms with E-state index in [9.17, 15) is 0 Å². The normalized spacial score (nSPS) is 14.0. The highest BCUT2D eigenvalue weighted by molar-refractivity contribution is 6.15. The molecule has 5 rings (SSSR count). The smallest absolute Gasteiger partial charge is 0.201 e. The molecule has 1 aliphatic carbocycles. The van der Waals surface area contributed by atoms with Crippen LogP contribution in [0.15, 0.2) is 66.9 Å². The molecule has 1 heteroatoms. The second-order valence-corrected chi connectivity index (χ2v) is 9.21. The summed E-state index contributed by atoms with van der Waals surface area (Å²) in [5.74, 6) is 0. The third-order valence-electron chi connectivity index (χ3n) is 5.79. The largest absolute Gasteiger partial charge is 0.212 e. The molecular formula is C28H28N+. The van der Waals surface area contributed by atoms with Gasteiger partial charge in [-0.1, -0.05) is 57.2 Å². The Balaban J connectivity index is 1.73. The first-order valence-corrected chi connectivity index (χ1v) is 10.3. The Hall–Kier alpha value is -2.93. The van der Waals surface area contributed by atoms with Gasteiger partial charge in [-0.05, 0) is 75.0 Å². The summed E-state index contributed by atoms with van der Waals surface area (Å²) < 4.78 is 19.6. The van der Waals surface area contributed by atoms with Crippen molar-refractivity contribution in [2.24, 2.45) is 12.5 Å². The van der Waals surface area contributed by atoms with Gasteiger partial charge in [-0.2, -0.15) is 0 Å². The van der Waals surface area contributed by atoms with Crippen molar-refractivity contribution in [1.82, 2.24) is 0 Å². The lowest BCUT2D eigenvalue weighted by Crippen LogP contribution is -2.31. The molecule has 0 aliphatic heterocycles. The molecule has 144 valence electrons. The molecule has 0 amide bonds. The molecule has 0 saturated heterocycles. The van der Waals surface area contributed by atoms with Gasteiger partial charge in [0.15, 0.2) is 6.20 Å². The molecule has 0 fully saturated rings. The minimum Gasteiger partial charge on any atom is -0.201 e. The number of nitrogens with zero attached hydrogens (tertiary/aromatic N) is 1. The van der Waals surface area contributed by atoms with Crippen LogP contribution in [0, 0.1) is 12.3 Å². The summed E-state index contributed by atoms with van der Waals surface area (Å²) in [5.41, 5.74) is 8.76. The predicted molar refractivity (Wildman–Crippen MR) is 123 cm³/mol. The van der Waals surface area contributed by atoms with Crippen LogP contribution in [0.3, 0.4) is 0 Å². The van der Waals surface area contributed by atoms with Crippen molar-refractivity contribution in [2.45, 2.75) is 34.1 Å². The zero-order chi connectivity index (χ0) is 22.1. The van der Waals surface area contributed by atoms with E-state index in [1.807, 2.05) is 46.1 Å². The van der Waals surface area contributed by atoms with Gasteiger partial charge in [0, 0.05) is 20.4 Å². The molecular weight excluding hydrogens is 350 g/mol. The van der Waals surface area contributed by atoms with Crippen LogP contribution in [-0.4, -0.2) is 0 Å². The summed E-state index contributed by atoms with van der Waals surface area (Å²) in [4.78, 5) is 0. The Morgan fingerprint density at radius 2 is 1.48 bits per heavy atom. The van der Waals surface area contributed by atoms with E-state index in [0.29, 0.717) is 0 Å². The fourth-order valence-electron chi connectivity index (χ4n) is 4.57. The van der Waals surface area contributed by atoms with Gasteiger partial charge in [0.05, 0.1) is 0 Å². The molecule has 1 heterocycles. The molecule has 0 bridgehead atoms. The van der Waals surface area contributed by atoms with Gasteiger partial charge < -0.3 is 0 Å². The van der Waals surface area contributed by atoms with Gasteiger partial charge >= 0.3 is 0 Å². The maximum Gasteiger partial charge on any atom is 0.212 e. The van der Waals surface area contributed by atoms with E-state index >= 15 is 0 Å². The van der Waals surface area contributed by atoms with E-state index in [1.165, 1.54) is 38.6 Å². The van der Waals surface area contributed by atoms with Crippen molar-refractivity contribution in [3.63, 3.8) is 0 Å². The molecule has 1 aliphatic rings. The first kappa shape index (κ1) is 15.9. The Morgan fingerprint density at radius 3 is 2.14 bits per heavy atom. The summed E-state index contributed by atoms with van der Waals surface area (Å²) in [6.07, 6.45) is 0.554. The maximum absolute atomic E-state index is 8.75. The highest BCUT2D eigenvalue weighted by Gasteiger charge is 2.24. The number of benzene rings is 3. The van der Waals surface area contributed by atoms with Crippen molar-refractivity contribution in [2.75, 3.05) is 0 Å². The van der Waals surface area contributed by atoms with Crippen molar-refractivity contribution >= 4 is 10.8 Å². The number of fused-ring (bicyclic) bond motifs is 3. The Labute approximate surface area is 176 Å². The number of hydrogen-bond donors (Lipinski definition) is 0. The highest BCUT2D eigenvalue weighted by Crippen LogP contribution is 2.48. The van der Waals surface area contributed by atoms with Gasteiger partial charge in [-0.3, -0.25) is 0 Å². The third kappa shape index (κ3) is 2.97. The molecule has 0 radical (unpaired) electrons. The van der Waals surface area contributed by atoms with Crippen LogP contribution in [0.25, 0.3) is 44.3 Å². The summed E-state index contributed by atoms with van der Waals surface area (Å²) in [6.45, 7) is 8.03. The fourth-order valence-corrected chi connectivity index (χ4v) is 4.57. The molecule has 0 atom stereocenters. The second-order valence-electron chi connectivity index (χ2n) is 9.21. The zero-order valence-electron chi connectivity index (χ0n) is 19.8. The molecule has 3 aromatic carbocycles. The average molecular weight is 381 g/mol. The Kier molecular flexibility index (Phi) is 3.45. The van der Waals surface area contributed by atoms with Crippen molar-refractivity contribution in [3.05, 3.63) is 78.0 Å². The van der Waals surface area contributed by atoms with E-state index in [4.69, 9.17) is 2.74 Å². The molecule has 1 aromatic heterocycles. The summed E-state index contributed by atoms with van der Waals surface area (Å²) >= 11 is 0. The van der Waals surface area contributed by atoms with Gasteiger partial charge in [0.1, 0.15) is 7.05 Å². The van der Waals surface area contributed by atoms with Crippen LogP contribution < -0.4 is 4.57 Å². The van der Waals surface area contributed by atoms with Gasteiger partial charge in [0.25, 0.3) is 0 Å². The lowest BCUT2D eigenvalue weighted by atomic mass is 9.87. The molecule has 4 aromatic rings. The SMILES string of the molecule is [2H]C([2H])(c1cc[n+](C)c(-c2cc3c(cc2C)-c2cccc4cccc-3c24)c1)C(C)(C)C. The van der Waals surface area contributed by atoms with Gasteiger partial charge in [0.2, 0.25) is 5.69 Å². The highest BCUT2D eigenvalue weighted by atomic mass is 14.9. The quantitative estimate of drug-likeness (QED) is 0.294. The van der Waals surface area contributed by atoms with E-state index in [2.05, 4.69) is 60.0 Å². The van der Waals surface area contributed by atoms with Crippen LogP contribution in [0.5, 0.6) is 0 Å². The van der Waals surface area contributed by atoms with Crippen molar-refractivity contribution < 1.29 is 7.31 Å².